The third kappa shape index (κ3) is 4.05. The fourth-order valence-electron chi connectivity index (χ4n) is 4.10. The number of hydrogen-bond donors (Lipinski definition) is 1. The van der Waals surface area contributed by atoms with E-state index in [1.54, 1.807) is 11.9 Å². The summed E-state index contributed by atoms with van der Waals surface area (Å²) in [5.74, 6) is 0.0173. The Bertz CT molecular complexity index is 440. The highest BCUT2D eigenvalue weighted by atomic mass is 16.3. The molecule has 0 aromatic rings. The maximum atomic E-state index is 12.8. The van der Waals surface area contributed by atoms with Crippen molar-refractivity contribution in [1.29, 1.82) is 5.26 Å². The zero-order valence-corrected chi connectivity index (χ0v) is 14.6. The summed E-state index contributed by atoms with van der Waals surface area (Å²) in [7, 11) is 1.78. The van der Waals surface area contributed by atoms with Crippen molar-refractivity contribution < 1.29 is 9.90 Å². The molecule has 1 aliphatic heterocycles. The van der Waals surface area contributed by atoms with Crippen molar-refractivity contribution in [3.8, 4) is 6.07 Å². The average Bonchev–Trinajstić information content (AvgIpc) is 2.61. The Morgan fingerprint density at radius 3 is 2.65 bits per heavy atom. The second kappa shape index (κ2) is 8.12. The van der Waals surface area contributed by atoms with E-state index in [4.69, 9.17) is 0 Å². The number of carbonyl (C=O) groups excluding carboxylic acids is 1. The molecule has 0 radical (unpaired) electrons. The van der Waals surface area contributed by atoms with Crippen LogP contribution in [0.1, 0.15) is 64.7 Å². The minimum atomic E-state index is -0.621. The monoisotopic (exact) mass is 321 g/mol. The van der Waals surface area contributed by atoms with E-state index in [9.17, 15) is 15.2 Å². The van der Waals surface area contributed by atoms with Gasteiger partial charge in [-0.1, -0.05) is 32.6 Å². The van der Waals surface area contributed by atoms with Crippen LogP contribution in [0, 0.1) is 11.3 Å². The van der Waals surface area contributed by atoms with Crippen LogP contribution < -0.4 is 0 Å². The molecule has 23 heavy (non-hydrogen) atoms. The number of piperidine rings is 1. The third-order valence-corrected chi connectivity index (χ3v) is 5.77. The van der Waals surface area contributed by atoms with Crippen LogP contribution in [0.25, 0.3) is 0 Å². The lowest BCUT2D eigenvalue weighted by Gasteiger charge is -2.42. The minimum absolute atomic E-state index is 0.0173. The SMILES string of the molecule is CCC(O)C1CCCCN1CC(=O)N(C)C1(C#N)CCCCC1. The van der Waals surface area contributed by atoms with Crippen LogP contribution >= 0.6 is 0 Å². The van der Waals surface area contributed by atoms with Gasteiger partial charge in [0.2, 0.25) is 5.91 Å². The summed E-state index contributed by atoms with van der Waals surface area (Å²) in [6.07, 6.45) is 8.26. The van der Waals surface area contributed by atoms with Crippen molar-refractivity contribution in [2.75, 3.05) is 20.1 Å². The molecule has 1 N–H and O–H groups in total. The Balaban J connectivity index is 2.03. The number of aliphatic hydroxyl groups is 1. The van der Waals surface area contributed by atoms with Gasteiger partial charge in [0.05, 0.1) is 18.7 Å². The fraction of sp³-hybridized carbons (Fsp3) is 0.889. The van der Waals surface area contributed by atoms with Crippen molar-refractivity contribution in [3.05, 3.63) is 0 Å². The number of nitrogens with zero attached hydrogens (tertiary/aromatic N) is 3. The van der Waals surface area contributed by atoms with Gasteiger partial charge in [-0.2, -0.15) is 5.26 Å². The molecule has 1 heterocycles. The first-order chi connectivity index (χ1) is 11.0. The minimum Gasteiger partial charge on any atom is -0.392 e. The molecule has 0 spiro atoms. The van der Waals surface area contributed by atoms with E-state index in [0.29, 0.717) is 13.0 Å². The van der Waals surface area contributed by atoms with E-state index in [2.05, 4.69) is 11.0 Å². The molecule has 1 amide bonds. The predicted octanol–water partition coefficient (Wildman–Crippen LogP) is 2.30. The van der Waals surface area contributed by atoms with Gasteiger partial charge in [-0.25, -0.2) is 0 Å². The molecule has 2 atom stereocenters. The summed E-state index contributed by atoms with van der Waals surface area (Å²) in [5.41, 5.74) is -0.621. The number of aliphatic hydroxyl groups excluding tert-OH is 1. The first kappa shape index (κ1) is 18.2. The van der Waals surface area contributed by atoms with E-state index in [1.165, 1.54) is 0 Å². The van der Waals surface area contributed by atoms with Crippen LogP contribution in [0.3, 0.4) is 0 Å². The number of likely N-dealkylation sites (N-methyl/N-ethyl adjacent to an activating group) is 1. The number of carbonyl (C=O) groups is 1. The topological polar surface area (TPSA) is 67.6 Å². The molecule has 2 unspecified atom stereocenters. The molecule has 0 aromatic heterocycles. The quantitative estimate of drug-likeness (QED) is 0.843. The number of likely N-dealkylation sites (tertiary alicyclic amines) is 1. The summed E-state index contributed by atoms with van der Waals surface area (Å²) < 4.78 is 0. The normalized spacial score (nSPS) is 26.3. The van der Waals surface area contributed by atoms with Gasteiger partial charge in [-0.3, -0.25) is 9.69 Å². The first-order valence-corrected chi connectivity index (χ1v) is 9.14. The third-order valence-electron chi connectivity index (χ3n) is 5.77. The van der Waals surface area contributed by atoms with Crippen LogP contribution in [0.5, 0.6) is 0 Å². The van der Waals surface area contributed by atoms with Gasteiger partial charge in [0, 0.05) is 13.1 Å². The van der Waals surface area contributed by atoms with Crippen LogP contribution in [0.4, 0.5) is 0 Å². The van der Waals surface area contributed by atoms with Crippen molar-refractivity contribution in [1.82, 2.24) is 9.80 Å². The Kier molecular flexibility index (Phi) is 6.43. The summed E-state index contributed by atoms with van der Waals surface area (Å²) in [6, 6.07) is 2.50. The van der Waals surface area contributed by atoms with Crippen molar-refractivity contribution in [2.24, 2.45) is 0 Å². The number of amides is 1. The molecular weight excluding hydrogens is 290 g/mol. The molecule has 2 rings (SSSR count). The number of hydrogen-bond acceptors (Lipinski definition) is 4. The van der Waals surface area contributed by atoms with Gasteiger partial charge in [0.1, 0.15) is 5.54 Å². The van der Waals surface area contributed by atoms with Gasteiger partial charge in [0.15, 0.2) is 0 Å². The van der Waals surface area contributed by atoms with Gasteiger partial charge < -0.3 is 10.0 Å². The number of nitriles is 1. The Labute approximate surface area is 140 Å². The Morgan fingerprint density at radius 2 is 2.04 bits per heavy atom. The molecule has 0 aromatic carbocycles. The zero-order chi connectivity index (χ0) is 16.9. The van der Waals surface area contributed by atoms with Crippen molar-refractivity contribution in [3.63, 3.8) is 0 Å². The van der Waals surface area contributed by atoms with Crippen LogP contribution in [-0.2, 0) is 4.79 Å². The molecule has 5 nitrogen and oxygen atoms in total. The Hall–Kier alpha value is -1.12. The van der Waals surface area contributed by atoms with E-state index >= 15 is 0 Å². The largest absolute Gasteiger partial charge is 0.392 e. The van der Waals surface area contributed by atoms with E-state index in [-0.39, 0.29) is 18.1 Å². The van der Waals surface area contributed by atoms with Crippen LogP contribution in [-0.4, -0.2) is 58.6 Å². The molecule has 2 fully saturated rings. The molecule has 2 aliphatic rings. The summed E-state index contributed by atoms with van der Waals surface area (Å²) in [4.78, 5) is 16.6. The maximum absolute atomic E-state index is 12.8. The highest BCUT2D eigenvalue weighted by Crippen LogP contribution is 2.32. The molecule has 130 valence electrons. The molecule has 5 heteroatoms. The second-order valence-electron chi connectivity index (χ2n) is 7.17. The van der Waals surface area contributed by atoms with E-state index < -0.39 is 5.54 Å². The van der Waals surface area contributed by atoms with Crippen LogP contribution in [0.15, 0.2) is 0 Å². The zero-order valence-electron chi connectivity index (χ0n) is 14.6. The second-order valence-corrected chi connectivity index (χ2v) is 7.17. The van der Waals surface area contributed by atoms with Gasteiger partial charge in [-0.15, -0.1) is 0 Å². The van der Waals surface area contributed by atoms with Crippen molar-refractivity contribution >= 4 is 5.91 Å². The number of rotatable bonds is 5. The van der Waals surface area contributed by atoms with Crippen molar-refractivity contribution in [2.45, 2.75) is 82.4 Å². The predicted molar refractivity (Wildman–Crippen MR) is 89.7 cm³/mol. The maximum Gasteiger partial charge on any atom is 0.237 e. The molecule has 1 saturated carbocycles. The molecule has 1 aliphatic carbocycles. The van der Waals surface area contributed by atoms with E-state index in [0.717, 1.165) is 57.9 Å². The summed E-state index contributed by atoms with van der Waals surface area (Å²) in [6.45, 7) is 3.17. The van der Waals surface area contributed by atoms with Gasteiger partial charge in [0.25, 0.3) is 0 Å². The lowest BCUT2D eigenvalue weighted by molar-refractivity contribution is -0.137. The lowest BCUT2D eigenvalue weighted by atomic mass is 9.81. The lowest BCUT2D eigenvalue weighted by Crippen LogP contribution is -2.55. The average molecular weight is 321 g/mol. The van der Waals surface area contributed by atoms with Crippen LogP contribution in [0.2, 0.25) is 0 Å². The molecule has 1 saturated heterocycles. The van der Waals surface area contributed by atoms with Gasteiger partial charge >= 0.3 is 0 Å². The Morgan fingerprint density at radius 1 is 1.35 bits per heavy atom. The molecular formula is C18H31N3O2. The smallest absolute Gasteiger partial charge is 0.237 e. The fourth-order valence-corrected chi connectivity index (χ4v) is 4.10. The highest BCUT2D eigenvalue weighted by molar-refractivity contribution is 5.79. The first-order valence-electron chi connectivity index (χ1n) is 9.14. The summed E-state index contributed by atoms with van der Waals surface area (Å²) in [5, 5.41) is 19.9. The molecule has 0 bridgehead atoms. The summed E-state index contributed by atoms with van der Waals surface area (Å²) >= 11 is 0. The van der Waals surface area contributed by atoms with E-state index in [1.807, 2.05) is 6.92 Å². The van der Waals surface area contributed by atoms with Gasteiger partial charge in [-0.05, 0) is 38.6 Å². The highest BCUT2D eigenvalue weighted by Gasteiger charge is 2.40. The standard InChI is InChI=1S/C18H31N3O2/c1-3-16(22)15-9-5-8-12-21(15)13-17(23)20(2)18(14-19)10-6-4-7-11-18/h15-16,22H,3-13H2,1-2H3.